The number of hydrogen-bond donors (Lipinski definition) is 3. The van der Waals surface area contributed by atoms with Crippen molar-refractivity contribution in [1.29, 1.82) is 0 Å². The molecule has 0 fully saturated rings. The van der Waals surface area contributed by atoms with Gasteiger partial charge in [0.25, 0.3) is 0 Å². The SMILES string of the molecule is Nc1nc(N=Nc2ccccc2S(N)(=O)=O)ccc1O. The molecule has 2 rings (SSSR count). The van der Waals surface area contributed by atoms with Crippen LogP contribution in [0.2, 0.25) is 0 Å². The lowest BCUT2D eigenvalue weighted by molar-refractivity contribution is 0.476. The Balaban J connectivity index is 2.39. The Kier molecular flexibility index (Phi) is 3.63. The van der Waals surface area contributed by atoms with E-state index >= 15 is 0 Å². The second-order valence-electron chi connectivity index (χ2n) is 3.79. The van der Waals surface area contributed by atoms with Crippen molar-refractivity contribution in [3.8, 4) is 5.75 Å². The summed E-state index contributed by atoms with van der Waals surface area (Å²) in [5.41, 5.74) is 5.50. The zero-order chi connectivity index (χ0) is 14.8. The summed E-state index contributed by atoms with van der Waals surface area (Å²) in [6.07, 6.45) is 0. The first-order valence-electron chi connectivity index (χ1n) is 5.37. The molecule has 0 aliphatic heterocycles. The van der Waals surface area contributed by atoms with E-state index in [-0.39, 0.29) is 28.0 Å². The summed E-state index contributed by atoms with van der Waals surface area (Å²) in [4.78, 5) is 3.62. The van der Waals surface area contributed by atoms with Crippen LogP contribution in [0.3, 0.4) is 0 Å². The molecule has 0 saturated carbocycles. The van der Waals surface area contributed by atoms with Gasteiger partial charge in [-0.25, -0.2) is 18.5 Å². The summed E-state index contributed by atoms with van der Waals surface area (Å²) in [6.45, 7) is 0. The molecule has 2 aromatic rings. The van der Waals surface area contributed by atoms with Crippen molar-refractivity contribution >= 4 is 27.3 Å². The zero-order valence-corrected chi connectivity index (χ0v) is 10.9. The molecule has 1 aromatic carbocycles. The summed E-state index contributed by atoms with van der Waals surface area (Å²) in [5.74, 6) is -0.139. The molecular weight excluding hydrogens is 282 g/mol. The Hall–Kier alpha value is -2.52. The minimum absolute atomic E-state index is 0.0865. The molecule has 1 aromatic heterocycles. The van der Waals surface area contributed by atoms with Crippen LogP contribution < -0.4 is 10.9 Å². The van der Waals surface area contributed by atoms with Crippen LogP contribution in [0.25, 0.3) is 0 Å². The van der Waals surface area contributed by atoms with E-state index in [1.807, 2.05) is 0 Å². The lowest BCUT2D eigenvalue weighted by atomic mass is 10.3. The van der Waals surface area contributed by atoms with Crippen molar-refractivity contribution in [3.05, 3.63) is 36.4 Å². The molecule has 0 aliphatic rings. The summed E-state index contributed by atoms with van der Waals surface area (Å²) < 4.78 is 22.7. The molecule has 8 nitrogen and oxygen atoms in total. The lowest BCUT2D eigenvalue weighted by Gasteiger charge is -2.01. The van der Waals surface area contributed by atoms with Crippen LogP contribution in [0.5, 0.6) is 5.75 Å². The number of rotatable bonds is 3. The minimum Gasteiger partial charge on any atom is -0.504 e. The fraction of sp³-hybridized carbons (Fsp3) is 0. The molecule has 1 heterocycles. The topological polar surface area (TPSA) is 144 Å². The van der Waals surface area contributed by atoms with Crippen molar-refractivity contribution in [2.75, 3.05) is 5.73 Å². The number of nitrogens with zero attached hydrogens (tertiary/aromatic N) is 3. The highest BCUT2D eigenvalue weighted by Gasteiger charge is 2.12. The maximum Gasteiger partial charge on any atom is 0.240 e. The summed E-state index contributed by atoms with van der Waals surface area (Å²) >= 11 is 0. The van der Waals surface area contributed by atoms with Crippen LogP contribution >= 0.6 is 0 Å². The van der Waals surface area contributed by atoms with Gasteiger partial charge in [0.2, 0.25) is 10.0 Å². The number of anilines is 1. The van der Waals surface area contributed by atoms with Crippen LogP contribution in [-0.4, -0.2) is 18.5 Å². The number of nitrogens with two attached hydrogens (primary N) is 2. The number of hydrogen-bond acceptors (Lipinski definition) is 7. The highest BCUT2D eigenvalue weighted by atomic mass is 32.2. The van der Waals surface area contributed by atoms with Crippen molar-refractivity contribution < 1.29 is 13.5 Å². The summed E-state index contributed by atoms with van der Waals surface area (Å²) in [7, 11) is -3.89. The van der Waals surface area contributed by atoms with Gasteiger partial charge >= 0.3 is 0 Å². The number of sulfonamides is 1. The second-order valence-corrected chi connectivity index (χ2v) is 5.32. The average molecular weight is 293 g/mol. The Labute approximate surface area is 114 Å². The fourth-order valence-corrected chi connectivity index (χ4v) is 2.07. The first-order valence-corrected chi connectivity index (χ1v) is 6.91. The quantitative estimate of drug-likeness (QED) is 0.733. The Morgan fingerprint density at radius 1 is 1.10 bits per heavy atom. The normalized spacial score (nSPS) is 11.8. The molecule has 0 aliphatic carbocycles. The number of primary sulfonamides is 1. The predicted octanol–water partition coefficient (Wildman–Crippen LogP) is 1.43. The van der Waals surface area contributed by atoms with Crippen molar-refractivity contribution in [2.24, 2.45) is 15.4 Å². The molecular formula is C11H11N5O3S. The van der Waals surface area contributed by atoms with Crippen molar-refractivity contribution in [3.63, 3.8) is 0 Å². The third-order valence-electron chi connectivity index (χ3n) is 2.32. The maximum absolute atomic E-state index is 11.4. The van der Waals surface area contributed by atoms with E-state index in [9.17, 15) is 13.5 Å². The molecule has 5 N–H and O–H groups in total. The number of benzene rings is 1. The highest BCUT2D eigenvalue weighted by molar-refractivity contribution is 7.89. The van der Waals surface area contributed by atoms with Crippen LogP contribution in [-0.2, 0) is 10.0 Å². The predicted molar refractivity (Wildman–Crippen MR) is 72.3 cm³/mol. The molecule has 0 atom stereocenters. The standard InChI is InChI=1S/C11H11N5O3S/c12-11-8(17)5-6-10(14-11)16-15-7-3-1-2-4-9(7)20(13,18)19/h1-6,17H,(H2,12,14)(H2,13,18,19). The largest absolute Gasteiger partial charge is 0.504 e. The van der Waals surface area contributed by atoms with Crippen LogP contribution in [0.1, 0.15) is 0 Å². The molecule has 0 amide bonds. The molecule has 104 valence electrons. The number of azo groups is 1. The van der Waals surface area contributed by atoms with Gasteiger partial charge < -0.3 is 10.8 Å². The Bertz CT molecular complexity index is 773. The number of nitrogen functional groups attached to an aromatic ring is 1. The monoisotopic (exact) mass is 293 g/mol. The smallest absolute Gasteiger partial charge is 0.240 e. The van der Waals surface area contributed by atoms with E-state index in [0.717, 1.165) is 0 Å². The summed E-state index contributed by atoms with van der Waals surface area (Å²) in [6, 6.07) is 8.59. The van der Waals surface area contributed by atoms with Crippen LogP contribution in [0.15, 0.2) is 51.5 Å². The highest BCUT2D eigenvalue weighted by Crippen LogP contribution is 2.26. The van der Waals surface area contributed by atoms with Gasteiger partial charge in [-0.3, -0.25) is 0 Å². The molecule has 9 heteroatoms. The Morgan fingerprint density at radius 2 is 1.80 bits per heavy atom. The van der Waals surface area contributed by atoms with Gasteiger partial charge in [-0.05, 0) is 24.3 Å². The molecule has 0 bridgehead atoms. The second kappa shape index (κ2) is 5.23. The first-order chi connectivity index (χ1) is 9.38. The van der Waals surface area contributed by atoms with Crippen molar-refractivity contribution in [2.45, 2.75) is 4.90 Å². The van der Waals surface area contributed by atoms with E-state index in [1.165, 1.54) is 30.3 Å². The molecule has 20 heavy (non-hydrogen) atoms. The Morgan fingerprint density at radius 3 is 2.45 bits per heavy atom. The van der Waals surface area contributed by atoms with Gasteiger partial charge in [0.1, 0.15) is 10.6 Å². The van der Waals surface area contributed by atoms with Crippen LogP contribution in [0.4, 0.5) is 17.3 Å². The van der Waals surface area contributed by atoms with Gasteiger partial charge in [0.15, 0.2) is 17.4 Å². The molecule has 0 radical (unpaired) electrons. The van der Waals surface area contributed by atoms with E-state index < -0.39 is 10.0 Å². The van der Waals surface area contributed by atoms with Gasteiger partial charge in [-0.15, -0.1) is 10.2 Å². The van der Waals surface area contributed by atoms with E-state index in [1.54, 1.807) is 6.07 Å². The number of pyridine rings is 1. The number of aromatic nitrogens is 1. The van der Waals surface area contributed by atoms with Crippen molar-refractivity contribution in [1.82, 2.24) is 4.98 Å². The van der Waals surface area contributed by atoms with Gasteiger partial charge in [-0.2, -0.15) is 0 Å². The molecule has 0 saturated heterocycles. The van der Waals surface area contributed by atoms with Gasteiger partial charge in [0, 0.05) is 0 Å². The fourth-order valence-electron chi connectivity index (χ4n) is 1.40. The van der Waals surface area contributed by atoms with Crippen LogP contribution in [0, 0.1) is 0 Å². The third kappa shape index (κ3) is 3.08. The van der Waals surface area contributed by atoms with Gasteiger partial charge in [-0.1, -0.05) is 12.1 Å². The summed E-state index contributed by atoms with van der Waals surface area (Å²) in [5, 5.41) is 21.8. The lowest BCUT2D eigenvalue weighted by Crippen LogP contribution is -2.12. The van der Waals surface area contributed by atoms with Gasteiger partial charge in [0.05, 0.1) is 0 Å². The molecule has 0 spiro atoms. The van der Waals surface area contributed by atoms with E-state index in [0.29, 0.717) is 0 Å². The number of aromatic hydroxyl groups is 1. The van der Waals surface area contributed by atoms with E-state index in [2.05, 4.69) is 15.2 Å². The minimum atomic E-state index is -3.89. The maximum atomic E-state index is 11.4. The molecule has 0 unspecified atom stereocenters. The average Bonchev–Trinajstić information content (AvgIpc) is 2.39. The first kappa shape index (κ1) is 13.9. The third-order valence-corrected chi connectivity index (χ3v) is 3.28. The van der Waals surface area contributed by atoms with E-state index in [4.69, 9.17) is 10.9 Å². The zero-order valence-electron chi connectivity index (χ0n) is 10.1.